The van der Waals surface area contributed by atoms with Crippen molar-refractivity contribution in [2.45, 2.75) is 0 Å². The lowest BCUT2D eigenvalue weighted by atomic mass is 9.92. The fourth-order valence-corrected chi connectivity index (χ4v) is 3.05. The number of benzene rings is 2. The van der Waals surface area contributed by atoms with Crippen molar-refractivity contribution in [3.05, 3.63) is 76.3 Å². The van der Waals surface area contributed by atoms with Crippen LogP contribution in [-0.2, 0) is 0 Å². The highest BCUT2D eigenvalue weighted by Gasteiger charge is 2.22. The van der Waals surface area contributed by atoms with E-state index in [9.17, 15) is 4.39 Å². The molecular formula is C19H17BClFN4. The summed E-state index contributed by atoms with van der Waals surface area (Å²) in [6.07, 6.45) is 1.19. The molecule has 0 amide bonds. The fraction of sp³-hybridized carbons (Fsp3) is 0.0526. The van der Waals surface area contributed by atoms with Gasteiger partial charge in [0.25, 0.3) is 0 Å². The molecule has 0 fully saturated rings. The predicted molar refractivity (Wildman–Crippen MR) is 109 cm³/mol. The van der Waals surface area contributed by atoms with E-state index in [-0.39, 0.29) is 11.5 Å². The highest BCUT2D eigenvalue weighted by Crippen LogP contribution is 2.27. The van der Waals surface area contributed by atoms with E-state index in [1.54, 1.807) is 24.3 Å². The first-order valence-corrected chi connectivity index (χ1v) is 8.39. The summed E-state index contributed by atoms with van der Waals surface area (Å²) in [5, 5.41) is 11.3. The Kier molecular flexibility index (Phi) is 5.23. The first-order valence-electron chi connectivity index (χ1n) is 8.02. The summed E-state index contributed by atoms with van der Waals surface area (Å²) in [5.41, 5.74) is 9.95. The summed E-state index contributed by atoms with van der Waals surface area (Å²) in [6.45, 7) is -0.785. The molecular weight excluding hydrogens is 350 g/mol. The molecule has 0 saturated carbocycles. The summed E-state index contributed by atoms with van der Waals surface area (Å²) < 4.78 is 13.7. The van der Waals surface area contributed by atoms with Gasteiger partial charge in [0, 0.05) is 22.4 Å². The zero-order valence-corrected chi connectivity index (χ0v) is 14.9. The van der Waals surface area contributed by atoms with Crippen molar-refractivity contribution in [3.8, 4) is 0 Å². The van der Waals surface area contributed by atoms with Gasteiger partial charge in [-0.05, 0) is 23.3 Å². The summed E-state index contributed by atoms with van der Waals surface area (Å²) in [6, 6.07) is 14.7. The van der Waals surface area contributed by atoms with Crippen LogP contribution in [0.1, 0.15) is 11.1 Å². The lowest BCUT2D eigenvalue weighted by Gasteiger charge is -2.22. The number of aliphatic imine (C=N–C) groups is 1. The molecule has 0 saturated heterocycles. The van der Waals surface area contributed by atoms with Crippen molar-refractivity contribution in [2.75, 3.05) is 6.67 Å². The number of allylic oxidation sites excluding steroid dienone is 2. The number of nitrogens with zero attached hydrogens (tertiary/aromatic N) is 1. The zero-order chi connectivity index (χ0) is 18.7. The number of hydrogen-bond acceptors (Lipinski definition) is 4. The van der Waals surface area contributed by atoms with Crippen LogP contribution in [-0.4, -0.2) is 26.4 Å². The Bertz CT molecular complexity index is 966. The van der Waals surface area contributed by atoms with Gasteiger partial charge in [0.1, 0.15) is 26.2 Å². The topological polar surface area (TPSA) is 74.3 Å². The monoisotopic (exact) mass is 366 g/mol. The van der Waals surface area contributed by atoms with E-state index in [1.165, 1.54) is 6.21 Å². The molecule has 0 aliphatic carbocycles. The van der Waals surface area contributed by atoms with E-state index in [0.717, 1.165) is 11.0 Å². The second kappa shape index (κ2) is 7.58. The Labute approximate surface area is 157 Å². The number of halogens is 2. The zero-order valence-electron chi connectivity index (χ0n) is 14.2. The molecule has 2 aromatic carbocycles. The van der Waals surface area contributed by atoms with Crippen molar-refractivity contribution in [1.29, 1.82) is 5.41 Å². The normalized spacial score (nSPS) is 16.0. The Hall–Kier alpha value is -2.86. The summed E-state index contributed by atoms with van der Waals surface area (Å²) in [7, 11) is 1.96. The summed E-state index contributed by atoms with van der Waals surface area (Å²) in [5.74, 6) is 0.624. The minimum Gasteiger partial charge on any atom is -0.385 e. The summed E-state index contributed by atoms with van der Waals surface area (Å²) in [4.78, 5) is 4.39. The molecule has 1 heterocycles. The highest BCUT2D eigenvalue weighted by atomic mass is 35.5. The fourth-order valence-electron chi connectivity index (χ4n) is 2.86. The van der Waals surface area contributed by atoms with E-state index in [2.05, 4.69) is 10.3 Å². The largest absolute Gasteiger partial charge is 0.385 e. The van der Waals surface area contributed by atoms with Crippen LogP contribution in [0.4, 0.5) is 4.39 Å². The molecule has 0 bridgehead atoms. The second-order valence-corrected chi connectivity index (χ2v) is 6.33. The molecule has 1 aliphatic rings. The molecule has 0 unspecified atom stereocenters. The smallest absolute Gasteiger partial charge is 0.141 e. The molecule has 2 aromatic rings. The minimum atomic E-state index is -0.785. The second-order valence-electron chi connectivity index (χ2n) is 5.89. The van der Waals surface area contributed by atoms with E-state index in [1.807, 2.05) is 32.1 Å². The molecule has 26 heavy (non-hydrogen) atoms. The average Bonchev–Trinajstić information content (AvgIpc) is 2.62. The third-order valence-electron chi connectivity index (χ3n) is 4.03. The van der Waals surface area contributed by atoms with Gasteiger partial charge in [0.05, 0.1) is 5.71 Å². The maximum Gasteiger partial charge on any atom is 0.141 e. The van der Waals surface area contributed by atoms with Crippen molar-refractivity contribution in [1.82, 2.24) is 5.32 Å². The van der Waals surface area contributed by atoms with Crippen LogP contribution in [0.2, 0.25) is 5.02 Å². The molecule has 4 nitrogen and oxygen atoms in total. The van der Waals surface area contributed by atoms with Crippen molar-refractivity contribution >= 4 is 48.0 Å². The van der Waals surface area contributed by atoms with Gasteiger partial charge in [-0.3, -0.25) is 0 Å². The maximum atomic E-state index is 13.7. The van der Waals surface area contributed by atoms with Crippen LogP contribution in [0.15, 0.2) is 65.2 Å². The lowest BCUT2D eigenvalue weighted by Crippen LogP contribution is -2.29. The van der Waals surface area contributed by atoms with Gasteiger partial charge < -0.3 is 16.5 Å². The first kappa shape index (κ1) is 18.0. The Morgan fingerprint density at radius 1 is 1.27 bits per heavy atom. The van der Waals surface area contributed by atoms with E-state index in [0.29, 0.717) is 27.6 Å². The predicted octanol–water partition coefficient (Wildman–Crippen LogP) is 2.26. The van der Waals surface area contributed by atoms with Crippen molar-refractivity contribution in [2.24, 2.45) is 10.7 Å². The van der Waals surface area contributed by atoms with Gasteiger partial charge in [0.2, 0.25) is 0 Å². The number of alkyl halides is 1. The highest BCUT2D eigenvalue weighted by molar-refractivity contribution is 6.33. The quantitative estimate of drug-likeness (QED) is 0.573. The maximum absolute atomic E-state index is 13.7. The Balaban J connectivity index is 2.12. The first-order chi connectivity index (χ1) is 12.5. The average molecular weight is 367 g/mol. The molecule has 4 N–H and O–H groups in total. The van der Waals surface area contributed by atoms with E-state index in [4.69, 9.17) is 22.7 Å². The molecule has 1 aliphatic heterocycles. The van der Waals surface area contributed by atoms with Gasteiger partial charge in [-0.15, -0.1) is 0 Å². The molecule has 3 rings (SSSR count). The number of nitrogens with one attached hydrogen (secondary N) is 2. The van der Waals surface area contributed by atoms with E-state index < -0.39 is 6.67 Å². The SMILES string of the molecule is Bc1cccc(/C(C=N)=C2\N=C(CF)C(c3cccc(Cl)c3)=C(N)N2)c1. The third-order valence-corrected chi connectivity index (χ3v) is 4.26. The molecule has 0 radical (unpaired) electrons. The molecule has 7 heteroatoms. The van der Waals surface area contributed by atoms with Gasteiger partial charge >= 0.3 is 0 Å². The van der Waals surface area contributed by atoms with Crippen LogP contribution in [0, 0.1) is 5.41 Å². The van der Waals surface area contributed by atoms with Gasteiger partial charge in [-0.1, -0.05) is 53.5 Å². The number of nitrogens with two attached hydrogens (primary N) is 1. The summed E-state index contributed by atoms with van der Waals surface area (Å²) >= 11 is 6.04. The lowest BCUT2D eigenvalue weighted by molar-refractivity contribution is 0.581. The molecule has 0 aromatic heterocycles. The van der Waals surface area contributed by atoms with Crippen LogP contribution >= 0.6 is 11.6 Å². The van der Waals surface area contributed by atoms with Crippen LogP contribution in [0.3, 0.4) is 0 Å². The van der Waals surface area contributed by atoms with Crippen molar-refractivity contribution < 1.29 is 4.39 Å². The van der Waals surface area contributed by atoms with Crippen LogP contribution < -0.4 is 16.5 Å². The Morgan fingerprint density at radius 2 is 2.04 bits per heavy atom. The molecule has 130 valence electrons. The Morgan fingerprint density at radius 3 is 2.69 bits per heavy atom. The minimum absolute atomic E-state index is 0.200. The van der Waals surface area contributed by atoms with Gasteiger partial charge in [-0.2, -0.15) is 0 Å². The number of rotatable bonds is 4. The molecule has 0 atom stereocenters. The number of hydrogen-bond donors (Lipinski definition) is 3. The van der Waals surface area contributed by atoms with Crippen molar-refractivity contribution in [3.63, 3.8) is 0 Å². The van der Waals surface area contributed by atoms with E-state index >= 15 is 0 Å². The van der Waals surface area contributed by atoms with Crippen LogP contribution in [0.25, 0.3) is 11.1 Å². The van der Waals surface area contributed by atoms with Gasteiger partial charge in [0.15, 0.2) is 0 Å². The van der Waals surface area contributed by atoms with Crippen LogP contribution in [0.5, 0.6) is 0 Å². The third kappa shape index (κ3) is 3.55. The standard InChI is InChI=1S/C19H17BClFN4/c20-13-5-1-3-11(7-13)15(10-23)19-25-16(9-22)17(18(24)26-19)12-4-2-6-14(21)8-12/h1-8,10,23,26H,9,20,24H2/b19-15+,23-10?. The van der Waals surface area contributed by atoms with Gasteiger partial charge in [-0.25, -0.2) is 9.38 Å². The molecule has 0 spiro atoms.